The van der Waals surface area contributed by atoms with Crippen molar-refractivity contribution in [3.63, 3.8) is 0 Å². The zero-order valence-electron chi connectivity index (χ0n) is 10.3. The SMILES string of the molecule is CC(CS(C)=O)NCc1ccccc1C(F)(F)F. The van der Waals surface area contributed by atoms with Crippen molar-refractivity contribution in [3.05, 3.63) is 35.4 Å². The lowest BCUT2D eigenvalue weighted by Crippen LogP contribution is -2.31. The van der Waals surface area contributed by atoms with Crippen LogP contribution in [0.4, 0.5) is 13.2 Å². The molecule has 0 heterocycles. The lowest BCUT2D eigenvalue weighted by atomic mass is 10.1. The molecular weight excluding hydrogens is 263 g/mol. The van der Waals surface area contributed by atoms with Crippen LogP contribution in [0, 0.1) is 0 Å². The first-order valence-corrected chi connectivity index (χ1v) is 7.22. The van der Waals surface area contributed by atoms with Gasteiger partial charge in [-0.15, -0.1) is 0 Å². The first-order valence-electron chi connectivity index (χ1n) is 5.49. The Balaban J connectivity index is 2.71. The van der Waals surface area contributed by atoms with Crippen LogP contribution >= 0.6 is 0 Å². The maximum atomic E-state index is 12.7. The lowest BCUT2D eigenvalue weighted by Gasteiger charge is -2.16. The molecule has 0 radical (unpaired) electrons. The van der Waals surface area contributed by atoms with Crippen molar-refractivity contribution < 1.29 is 17.4 Å². The van der Waals surface area contributed by atoms with Crippen molar-refractivity contribution in [1.82, 2.24) is 5.32 Å². The lowest BCUT2D eigenvalue weighted by molar-refractivity contribution is -0.138. The van der Waals surface area contributed by atoms with Gasteiger partial charge in [0.05, 0.1) is 5.56 Å². The van der Waals surface area contributed by atoms with Crippen LogP contribution in [0.5, 0.6) is 0 Å². The van der Waals surface area contributed by atoms with Crippen LogP contribution in [-0.4, -0.2) is 22.3 Å². The predicted molar refractivity (Wildman–Crippen MR) is 66.7 cm³/mol. The fourth-order valence-electron chi connectivity index (χ4n) is 1.65. The molecule has 0 saturated heterocycles. The van der Waals surface area contributed by atoms with Gasteiger partial charge in [0, 0.05) is 35.4 Å². The Bertz CT molecular complexity index is 420. The van der Waals surface area contributed by atoms with E-state index in [0.29, 0.717) is 5.75 Å². The van der Waals surface area contributed by atoms with Gasteiger partial charge in [-0.2, -0.15) is 13.2 Å². The summed E-state index contributed by atoms with van der Waals surface area (Å²) in [6, 6.07) is 5.38. The smallest absolute Gasteiger partial charge is 0.309 e. The minimum absolute atomic E-state index is 0.0860. The van der Waals surface area contributed by atoms with Crippen LogP contribution in [0.1, 0.15) is 18.1 Å². The van der Waals surface area contributed by atoms with E-state index in [1.807, 2.05) is 0 Å². The Labute approximate surface area is 107 Å². The van der Waals surface area contributed by atoms with Gasteiger partial charge in [0.15, 0.2) is 0 Å². The predicted octanol–water partition coefficient (Wildman–Crippen LogP) is 2.56. The molecule has 1 aromatic carbocycles. The molecular formula is C12H16F3NOS. The minimum atomic E-state index is -4.34. The van der Waals surface area contributed by atoms with E-state index in [0.717, 1.165) is 6.07 Å². The fourth-order valence-corrected chi connectivity index (χ4v) is 2.47. The minimum Gasteiger partial charge on any atom is -0.309 e. The van der Waals surface area contributed by atoms with Crippen LogP contribution in [-0.2, 0) is 23.5 Å². The van der Waals surface area contributed by atoms with E-state index < -0.39 is 22.5 Å². The third kappa shape index (κ3) is 4.78. The molecule has 0 aliphatic heterocycles. The van der Waals surface area contributed by atoms with Crippen LogP contribution in [0.2, 0.25) is 0 Å². The Hall–Kier alpha value is -0.880. The number of hydrogen-bond donors (Lipinski definition) is 1. The maximum Gasteiger partial charge on any atom is 0.416 e. The molecule has 18 heavy (non-hydrogen) atoms. The van der Waals surface area contributed by atoms with Crippen molar-refractivity contribution >= 4 is 10.8 Å². The van der Waals surface area contributed by atoms with Gasteiger partial charge in [0.2, 0.25) is 0 Å². The van der Waals surface area contributed by atoms with Gasteiger partial charge in [-0.1, -0.05) is 18.2 Å². The molecule has 0 aliphatic carbocycles. The van der Waals surface area contributed by atoms with Crippen molar-refractivity contribution in [3.8, 4) is 0 Å². The zero-order chi connectivity index (χ0) is 13.8. The molecule has 0 fully saturated rings. The summed E-state index contributed by atoms with van der Waals surface area (Å²) >= 11 is 0. The average Bonchev–Trinajstić information content (AvgIpc) is 2.24. The number of benzene rings is 1. The molecule has 0 amide bonds. The average molecular weight is 279 g/mol. The van der Waals surface area contributed by atoms with Gasteiger partial charge in [-0.25, -0.2) is 0 Å². The normalized spacial score (nSPS) is 15.4. The van der Waals surface area contributed by atoms with E-state index in [1.165, 1.54) is 12.1 Å². The highest BCUT2D eigenvalue weighted by molar-refractivity contribution is 7.84. The topological polar surface area (TPSA) is 29.1 Å². The van der Waals surface area contributed by atoms with Gasteiger partial charge in [-0.3, -0.25) is 4.21 Å². The number of halogens is 3. The summed E-state index contributed by atoms with van der Waals surface area (Å²) in [4.78, 5) is 0. The van der Waals surface area contributed by atoms with Crippen LogP contribution in [0.15, 0.2) is 24.3 Å². The van der Waals surface area contributed by atoms with Crippen molar-refractivity contribution in [2.45, 2.75) is 25.7 Å². The number of rotatable bonds is 5. The van der Waals surface area contributed by atoms with E-state index in [-0.39, 0.29) is 18.2 Å². The molecule has 2 nitrogen and oxygen atoms in total. The molecule has 0 bridgehead atoms. The van der Waals surface area contributed by atoms with Crippen LogP contribution in [0.3, 0.4) is 0 Å². The largest absolute Gasteiger partial charge is 0.416 e. The molecule has 0 spiro atoms. The highest BCUT2D eigenvalue weighted by atomic mass is 32.2. The molecule has 2 atom stereocenters. The molecule has 0 aromatic heterocycles. The summed E-state index contributed by atoms with van der Waals surface area (Å²) < 4.78 is 49.1. The van der Waals surface area contributed by atoms with Crippen molar-refractivity contribution in [2.24, 2.45) is 0 Å². The third-order valence-corrected chi connectivity index (χ3v) is 3.42. The Kier molecular flexibility index (Phi) is 5.34. The summed E-state index contributed by atoms with van der Waals surface area (Å²) in [5.41, 5.74) is -0.416. The zero-order valence-corrected chi connectivity index (χ0v) is 11.1. The maximum absolute atomic E-state index is 12.7. The third-order valence-electron chi connectivity index (χ3n) is 2.45. The second kappa shape index (κ2) is 6.33. The number of hydrogen-bond acceptors (Lipinski definition) is 2. The van der Waals surface area contributed by atoms with E-state index in [4.69, 9.17) is 0 Å². The highest BCUT2D eigenvalue weighted by Crippen LogP contribution is 2.31. The van der Waals surface area contributed by atoms with Crippen molar-refractivity contribution in [1.29, 1.82) is 0 Å². The molecule has 1 aromatic rings. The first kappa shape index (κ1) is 15.2. The summed E-state index contributed by atoms with van der Waals surface area (Å²) in [5, 5.41) is 2.95. The Morgan fingerprint density at radius 2 is 1.94 bits per heavy atom. The van der Waals surface area contributed by atoms with E-state index in [2.05, 4.69) is 5.32 Å². The Morgan fingerprint density at radius 1 is 1.33 bits per heavy atom. The second-order valence-corrected chi connectivity index (χ2v) is 5.66. The fraction of sp³-hybridized carbons (Fsp3) is 0.500. The van der Waals surface area contributed by atoms with Crippen molar-refractivity contribution in [2.75, 3.05) is 12.0 Å². The van der Waals surface area contributed by atoms with Crippen LogP contribution in [0.25, 0.3) is 0 Å². The summed E-state index contributed by atoms with van der Waals surface area (Å²) in [6.07, 6.45) is -2.77. The van der Waals surface area contributed by atoms with Gasteiger partial charge in [0.25, 0.3) is 0 Å². The molecule has 0 saturated carbocycles. The first-order chi connectivity index (χ1) is 8.30. The van der Waals surface area contributed by atoms with E-state index in [9.17, 15) is 17.4 Å². The monoisotopic (exact) mass is 279 g/mol. The standard InChI is InChI=1S/C12H16F3NOS/c1-9(8-18(2)17)16-7-10-5-3-4-6-11(10)12(13,14)15/h3-6,9,16H,7-8H2,1-2H3. The molecule has 6 heteroatoms. The van der Waals surface area contributed by atoms with E-state index in [1.54, 1.807) is 19.2 Å². The molecule has 1 rings (SSSR count). The van der Waals surface area contributed by atoms with Gasteiger partial charge < -0.3 is 5.32 Å². The molecule has 2 unspecified atom stereocenters. The van der Waals surface area contributed by atoms with Gasteiger partial charge >= 0.3 is 6.18 Å². The van der Waals surface area contributed by atoms with Gasteiger partial charge in [-0.05, 0) is 18.6 Å². The summed E-state index contributed by atoms with van der Waals surface area (Å²) in [7, 11) is -0.961. The number of nitrogens with one attached hydrogen (secondary N) is 1. The van der Waals surface area contributed by atoms with Gasteiger partial charge in [0.1, 0.15) is 0 Å². The highest BCUT2D eigenvalue weighted by Gasteiger charge is 2.32. The summed E-state index contributed by atoms with van der Waals surface area (Å²) in [5.74, 6) is 0.425. The number of alkyl halides is 3. The van der Waals surface area contributed by atoms with Crippen LogP contribution < -0.4 is 5.32 Å². The molecule has 0 aliphatic rings. The molecule has 1 N–H and O–H groups in total. The quantitative estimate of drug-likeness (QED) is 0.897. The molecule has 102 valence electrons. The second-order valence-electron chi connectivity index (χ2n) is 4.18. The van der Waals surface area contributed by atoms with E-state index >= 15 is 0 Å². The summed E-state index contributed by atoms with van der Waals surface area (Å²) in [6.45, 7) is 1.92. The Morgan fingerprint density at radius 3 is 2.50 bits per heavy atom.